The highest BCUT2D eigenvalue weighted by Gasteiger charge is 2.22. The van der Waals surface area contributed by atoms with Gasteiger partial charge in [0, 0.05) is 38.0 Å². The second-order valence-corrected chi connectivity index (χ2v) is 7.32. The second kappa shape index (κ2) is 9.62. The van der Waals surface area contributed by atoms with Gasteiger partial charge < -0.3 is 25.5 Å². The summed E-state index contributed by atoms with van der Waals surface area (Å²) >= 11 is 0. The van der Waals surface area contributed by atoms with Gasteiger partial charge in [0.05, 0.1) is 20.3 Å². The molecule has 0 spiro atoms. The Labute approximate surface area is 171 Å². The molecule has 0 amide bonds. The predicted octanol–water partition coefficient (Wildman–Crippen LogP) is 1.95. The predicted molar refractivity (Wildman–Crippen MR) is 112 cm³/mol. The molecule has 7 heteroatoms. The zero-order valence-corrected chi connectivity index (χ0v) is 17.0. The number of ether oxygens (including phenoxy) is 2. The van der Waals surface area contributed by atoms with Crippen LogP contribution in [0.25, 0.3) is 0 Å². The van der Waals surface area contributed by atoms with Gasteiger partial charge in [-0.1, -0.05) is 35.5 Å². The first-order valence-electron chi connectivity index (χ1n) is 9.72. The summed E-state index contributed by atoms with van der Waals surface area (Å²) in [7, 11) is 3.15. The van der Waals surface area contributed by atoms with Crippen molar-refractivity contribution in [1.29, 1.82) is 0 Å². The molecule has 3 rings (SSSR count). The molecule has 7 nitrogen and oxygen atoms in total. The highest BCUT2D eigenvalue weighted by Crippen LogP contribution is 2.35. The number of methoxy groups -OCH3 is 2. The first kappa shape index (κ1) is 21.0. The SMILES string of the molecule is COc1ccc(CC(N)=NO)c(CC(O)CN2CCc3ccccc3C2)c1OC. The van der Waals surface area contributed by atoms with Crippen molar-refractivity contribution in [2.75, 3.05) is 27.3 Å². The summed E-state index contributed by atoms with van der Waals surface area (Å²) in [4.78, 5) is 2.27. The number of rotatable bonds is 8. The van der Waals surface area contributed by atoms with E-state index in [0.717, 1.165) is 30.6 Å². The van der Waals surface area contributed by atoms with Crippen molar-refractivity contribution in [2.24, 2.45) is 10.9 Å². The smallest absolute Gasteiger partial charge is 0.164 e. The molecule has 29 heavy (non-hydrogen) atoms. The van der Waals surface area contributed by atoms with Crippen molar-refractivity contribution in [3.8, 4) is 11.5 Å². The van der Waals surface area contributed by atoms with Crippen molar-refractivity contribution in [2.45, 2.75) is 31.9 Å². The Morgan fingerprint density at radius 3 is 2.62 bits per heavy atom. The fourth-order valence-electron chi connectivity index (χ4n) is 3.96. The molecule has 0 radical (unpaired) electrons. The molecule has 4 N–H and O–H groups in total. The molecule has 1 unspecified atom stereocenters. The molecule has 2 aromatic carbocycles. The molecule has 0 aromatic heterocycles. The summed E-state index contributed by atoms with van der Waals surface area (Å²) < 4.78 is 11.0. The molecular weight excluding hydrogens is 370 g/mol. The van der Waals surface area contributed by atoms with E-state index >= 15 is 0 Å². The topological polar surface area (TPSA) is 101 Å². The molecule has 0 fully saturated rings. The number of aliphatic hydroxyl groups is 1. The van der Waals surface area contributed by atoms with E-state index in [2.05, 4.69) is 34.3 Å². The van der Waals surface area contributed by atoms with Crippen molar-refractivity contribution in [1.82, 2.24) is 4.90 Å². The van der Waals surface area contributed by atoms with E-state index in [1.807, 2.05) is 6.07 Å². The number of hydrogen-bond acceptors (Lipinski definition) is 6. The molecule has 1 atom stereocenters. The number of fused-ring (bicyclic) bond motifs is 1. The highest BCUT2D eigenvalue weighted by molar-refractivity contribution is 5.82. The van der Waals surface area contributed by atoms with E-state index in [0.29, 0.717) is 24.5 Å². The second-order valence-electron chi connectivity index (χ2n) is 7.32. The molecular formula is C22H29N3O4. The Kier molecular flexibility index (Phi) is 6.95. The van der Waals surface area contributed by atoms with Crippen molar-refractivity contribution < 1.29 is 19.8 Å². The maximum Gasteiger partial charge on any atom is 0.164 e. The van der Waals surface area contributed by atoms with E-state index < -0.39 is 6.10 Å². The Hall–Kier alpha value is -2.77. The number of oxime groups is 1. The lowest BCUT2D eigenvalue weighted by Gasteiger charge is -2.30. The summed E-state index contributed by atoms with van der Waals surface area (Å²) in [5.74, 6) is 1.25. The average molecular weight is 399 g/mol. The van der Waals surface area contributed by atoms with Crippen LogP contribution in [0.4, 0.5) is 0 Å². The van der Waals surface area contributed by atoms with Gasteiger partial charge in [0.1, 0.15) is 5.84 Å². The summed E-state index contributed by atoms with van der Waals surface area (Å²) in [5.41, 5.74) is 10.1. The third kappa shape index (κ3) is 4.99. The van der Waals surface area contributed by atoms with Gasteiger partial charge in [0.15, 0.2) is 11.5 Å². The first-order chi connectivity index (χ1) is 14.0. The Morgan fingerprint density at radius 2 is 1.93 bits per heavy atom. The van der Waals surface area contributed by atoms with Crippen LogP contribution >= 0.6 is 0 Å². The molecule has 0 saturated carbocycles. The molecule has 1 aliphatic heterocycles. The van der Waals surface area contributed by atoms with E-state index in [1.54, 1.807) is 20.3 Å². The van der Waals surface area contributed by atoms with Gasteiger partial charge in [-0.25, -0.2) is 0 Å². The Morgan fingerprint density at radius 1 is 1.17 bits per heavy atom. The molecule has 1 heterocycles. The number of hydrogen-bond donors (Lipinski definition) is 3. The number of nitrogens with zero attached hydrogens (tertiary/aromatic N) is 2. The van der Waals surface area contributed by atoms with Crippen LogP contribution in [0.5, 0.6) is 11.5 Å². The third-order valence-electron chi connectivity index (χ3n) is 5.36. The summed E-state index contributed by atoms with van der Waals surface area (Å²) in [5, 5.41) is 22.9. The number of amidine groups is 1. The van der Waals surface area contributed by atoms with Crippen LogP contribution in [0.15, 0.2) is 41.6 Å². The maximum absolute atomic E-state index is 10.9. The molecule has 1 aliphatic rings. The number of benzene rings is 2. The van der Waals surface area contributed by atoms with E-state index in [9.17, 15) is 5.11 Å². The number of β-amino-alcohol motifs (C(OH)–C–C–N with tert-alkyl or cyclic N) is 1. The molecule has 0 bridgehead atoms. The van der Waals surface area contributed by atoms with Gasteiger partial charge in [-0.15, -0.1) is 0 Å². The molecule has 156 valence electrons. The summed E-state index contributed by atoms with van der Waals surface area (Å²) in [6.07, 6.45) is 1.04. The lowest BCUT2D eigenvalue weighted by Crippen LogP contribution is -2.37. The van der Waals surface area contributed by atoms with Crippen LogP contribution in [0, 0.1) is 0 Å². The molecule has 0 aliphatic carbocycles. The third-order valence-corrected chi connectivity index (χ3v) is 5.36. The number of aliphatic hydroxyl groups excluding tert-OH is 1. The largest absolute Gasteiger partial charge is 0.493 e. The minimum absolute atomic E-state index is 0.0978. The zero-order chi connectivity index (χ0) is 20.8. The lowest BCUT2D eigenvalue weighted by molar-refractivity contribution is 0.105. The van der Waals surface area contributed by atoms with E-state index in [4.69, 9.17) is 20.4 Å². The van der Waals surface area contributed by atoms with Gasteiger partial charge in [0.25, 0.3) is 0 Å². The number of nitrogens with two attached hydrogens (primary N) is 1. The maximum atomic E-state index is 10.9. The Balaban J connectivity index is 1.77. The summed E-state index contributed by atoms with van der Waals surface area (Å²) in [6, 6.07) is 12.1. The zero-order valence-electron chi connectivity index (χ0n) is 17.0. The minimum Gasteiger partial charge on any atom is -0.493 e. The molecule has 0 saturated heterocycles. The van der Waals surface area contributed by atoms with Gasteiger partial charge >= 0.3 is 0 Å². The van der Waals surface area contributed by atoms with Crippen LogP contribution < -0.4 is 15.2 Å². The van der Waals surface area contributed by atoms with Gasteiger partial charge in [-0.3, -0.25) is 4.90 Å². The van der Waals surface area contributed by atoms with Crippen LogP contribution in [-0.4, -0.2) is 54.5 Å². The van der Waals surface area contributed by atoms with Crippen LogP contribution in [0.1, 0.15) is 22.3 Å². The standard InChI is InChI=1S/C22H29N3O4/c1-28-20-8-7-16(11-21(23)24-27)19(22(20)29-2)12-18(26)14-25-10-9-15-5-3-4-6-17(15)13-25/h3-8,18,26-27H,9-14H2,1-2H3,(H2,23,24). The fourth-order valence-corrected chi connectivity index (χ4v) is 3.96. The highest BCUT2D eigenvalue weighted by atomic mass is 16.5. The van der Waals surface area contributed by atoms with Crippen LogP contribution in [-0.2, 0) is 25.8 Å². The first-order valence-corrected chi connectivity index (χ1v) is 9.72. The fraction of sp³-hybridized carbons (Fsp3) is 0.409. The summed E-state index contributed by atoms with van der Waals surface area (Å²) in [6.45, 7) is 2.30. The normalized spacial score (nSPS) is 15.6. The van der Waals surface area contributed by atoms with Crippen molar-refractivity contribution in [3.63, 3.8) is 0 Å². The Bertz CT molecular complexity index is 869. The van der Waals surface area contributed by atoms with Crippen LogP contribution in [0.3, 0.4) is 0 Å². The minimum atomic E-state index is -0.590. The van der Waals surface area contributed by atoms with Gasteiger partial charge in [-0.05, 0) is 29.2 Å². The van der Waals surface area contributed by atoms with E-state index in [1.165, 1.54) is 11.1 Å². The van der Waals surface area contributed by atoms with Crippen LogP contribution in [0.2, 0.25) is 0 Å². The van der Waals surface area contributed by atoms with E-state index in [-0.39, 0.29) is 12.3 Å². The van der Waals surface area contributed by atoms with Gasteiger partial charge in [-0.2, -0.15) is 0 Å². The van der Waals surface area contributed by atoms with Crippen molar-refractivity contribution >= 4 is 5.84 Å². The molecule has 2 aromatic rings. The average Bonchev–Trinajstić information content (AvgIpc) is 2.74. The van der Waals surface area contributed by atoms with Crippen molar-refractivity contribution in [3.05, 3.63) is 58.7 Å². The van der Waals surface area contributed by atoms with Gasteiger partial charge in [0.2, 0.25) is 0 Å². The monoisotopic (exact) mass is 399 g/mol. The quantitative estimate of drug-likeness (QED) is 0.272. The lowest BCUT2D eigenvalue weighted by atomic mass is 9.96.